The maximum absolute atomic E-state index is 5.93. The summed E-state index contributed by atoms with van der Waals surface area (Å²) < 4.78 is 5.93. The Balaban J connectivity index is 2.14. The summed E-state index contributed by atoms with van der Waals surface area (Å²) in [6.45, 7) is 4.12. The second kappa shape index (κ2) is 5.13. The molecule has 0 aliphatic rings. The largest absolute Gasteiger partial charge is 0.449 e. The van der Waals surface area contributed by atoms with Gasteiger partial charge in [-0.3, -0.25) is 0 Å². The number of nitrogens with zero attached hydrogens (tertiary/aromatic N) is 4. The van der Waals surface area contributed by atoms with Crippen molar-refractivity contribution in [3.8, 4) is 11.5 Å². The molecule has 0 fully saturated rings. The Morgan fingerprint density at radius 2 is 1.95 bits per heavy atom. The molecule has 0 amide bonds. The van der Waals surface area contributed by atoms with Gasteiger partial charge in [-0.25, -0.2) is 15.0 Å². The summed E-state index contributed by atoms with van der Waals surface area (Å²) in [5, 5.41) is 0. The summed E-state index contributed by atoms with van der Waals surface area (Å²) in [4.78, 5) is 17.3. The zero-order valence-electron chi connectivity index (χ0n) is 11.6. The molecule has 0 aliphatic heterocycles. The van der Waals surface area contributed by atoms with E-state index in [0.29, 0.717) is 17.0 Å². The summed E-state index contributed by atoms with van der Waals surface area (Å²) in [5.41, 5.74) is 14.7. The van der Waals surface area contributed by atoms with E-state index in [9.17, 15) is 0 Å². The van der Waals surface area contributed by atoms with Crippen LogP contribution in [0.15, 0.2) is 17.9 Å². The molecule has 0 bridgehead atoms. The minimum absolute atomic E-state index is 0.109. The highest BCUT2D eigenvalue weighted by Gasteiger charge is 2.17. The Kier molecular flexibility index (Phi) is 3.30. The molecule has 0 spiro atoms. The molecule has 3 aromatic rings. The summed E-state index contributed by atoms with van der Waals surface area (Å²) in [6.07, 6.45) is 3.26. The average molecular weight is 302 g/mol. The maximum atomic E-state index is 5.93. The predicted octanol–water partition coefficient (Wildman–Crippen LogP) is 2.56. The van der Waals surface area contributed by atoms with E-state index in [1.165, 1.54) is 17.5 Å². The van der Waals surface area contributed by atoms with Crippen LogP contribution < -0.4 is 16.2 Å². The van der Waals surface area contributed by atoms with Gasteiger partial charge >= 0.3 is 0 Å². The van der Waals surface area contributed by atoms with E-state index in [1.807, 2.05) is 0 Å². The minimum Gasteiger partial charge on any atom is -0.449 e. The van der Waals surface area contributed by atoms with Crippen LogP contribution in [-0.2, 0) is 0 Å². The first kappa shape index (κ1) is 13.5. The molecule has 108 valence electrons. The zero-order chi connectivity index (χ0) is 15.0. The van der Waals surface area contributed by atoms with Crippen molar-refractivity contribution in [3.63, 3.8) is 0 Å². The van der Waals surface area contributed by atoms with E-state index < -0.39 is 0 Å². The van der Waals surface area contributed by atoms with E-state index >= 15 is 0 Å². The number of aromatic nitrogens is 4. The molecular weight excluding hydrogens is 288 g/mol. The van der Waals surface area contributed by atoms with Crippen molar-refractivity contribution < 1.29 is 4.74 Å². The number of pyridine rings is 1. The van der Waals surface area contributed by atoms with Gasteiger partial charge in [-0.2, -0.15) is 4.98 Å². The summed E-state index contributed by atoms with van der Waals surface area (Å²) in [7, 11) is 0. The van der Waals surface area contributed by atoms with E-state index in [2.05, 4.69) is 33.8 Å². The first-order valence-corrected chi connectivity index (χ1v) is 7.22. The van der Waals surface area contributed by atoms with Crippen LogP contribution in [0.2, 0.25) is 0 Å². The normalized spacial score (nSPS) is 11.2. The van der Waals surface area contributed by atoms with Crippen LogP contribution >= 0.6 is 11.3 Å². The van der Waals surface area contributed by atoms with Gasteiger partial charge in [-0.1, -0.05) is 13.8 Å². The lowest BCUT2D eigenvalue weighted by atomic mass is 10.0. The number of nitrogens with two attached hydrogens (primary N) is 2. The van der Waals surface area contributed by atoms with E-state index in [-0.39, 0.29) is 17.7 Å². The first-order chi connectivity index (χ1) is 10.1. The van der Waals surface area contributed by atoms with Crippen molar-refractivity contribution in [2.24, 2.45) is 0 Å². The minimum atomic E-state index is 0.109. The molecule has 21 heavy (non-hydrogen) atoms. The summed E-state index contributed by atoms with van der Waals surface area (Å²) >= 11 is 1.45. The molecule has 3 heterocycles. The summed E-state index contributed by atoms with van der Waals surface area (Å²) in [6, 6.07) is 0. The predicted molar refractivity (Wildman–Crippen MR) is 82.4 cm³/mol. The van der Waals surface area contributed by atoms with Crippen LogP contribution in [0.3, 0.4) is 0 Å². The molecule has 8 heteroatoms. The third-order valence-corrected chi connectivity index (χ3v) is 3.72. The lowest BCUT2D eigenvalue weighted by Gasteiger charge is -2.14. The van der Waals surface area contributed by atoms with Crippen LogP contribution in [0.5, 0.6) is 11.5 Å². The number of fused-ring (bicyclic) bond motifs is 1. The maximum Gasteiger partial charge on any atom is 0.222 e. The molecule has 4 N–H and O–H groups in total. The average Bonchev–Trinajstić information content (AvgIpc) is 2.90. The van der Waals surface area contributed by atoms with E-state index in [4.69, 9.17) is 16.2 Å². The van der Waals surface area contributed by atoms with Crippen LogP contribution in [0, 0.1) is 0 Å². The number of ether oxygens (including phenoxy) is 1. The van der Waals surface area contributed by atoms with Gasteiger partial charge in [-0.05, 0) is 5.92 Å². The molecule has 0 saturated carbocycles. The van der Waals surface area contributed by atoms with Gasteiger partial charge in [0.25, 0.3) is 0 Å². The Morgan fingerprint density at radius 1 is 1.14 bits per heavy atom. The Labute approximate surface area is 125 Å². The molecule has 0 aromatic carbocycles. The van der Waals surface area contributed by atoms with Crippen molar-refractivity contribution in [3.05, 3.63) is 23.5 Å². The highest BCUT2D eigenvalue weighted by atomic mass is 32.1. The third-order valence-electron chi connectivity index (χ3n) is 2.98. The lowest BCUT2D eigenvalue weighted by Crippen LogP contribution is -2.03. The van der Waals surface area contributed by atoms with Gasteiger partial charge in [0.2, 0.25) is 5.95 Å². The number of nitrogen functional groups attached to an aromatic ring is 2. The molecule has 0 radical (unpaired) electrons. The smallest absolute Gasteiger partial charge is 0.222 e. The van der Waals surface area contributed by atoms with Gasteiger partial charge < -0.3 is 16.2 Å². The van der Waals surface area contributed by atoms with Crippen molar-refractivity contribution >= 4 is 33.5 Å². The highest BCUT2D eigenvalue weighted by molar-refractivity contribution is 7.16. The van der Waals surface area contributed by atoms with Gasteiger partial charge in [0.1, 0.15) is 10.3 Å². The quantitative estimate of drug-likeness (QED) is 0.764. The fourth-order valence-electron chi connectivity index (χ4n) is 1.92. The Bertz CT molecular complexity index is 800. The van der Waals surface area contributed by atoms with Crippen LogP contribution in [-0.4, -0.2) is 19.9 Å². The van der Waals surface area contributed by atoms with Gasteiger partial charge in [0.05, 0.1) is 11.7 Å². The van der Waals surface area contributed by atoms with Crippen molar-refractivity contribution in [2.75, 3.05) is 11.5 Å². The Hall–Kier alpha value is -2.48. The molecule has 3 rings (SSSR count). The number of hydrogen-bond donors (Lipinski definition) is 2. The zero-order valence-corrected chi connectivity index (χ0v) is 12.4. The number of rotatable bonds is 3. The molecule has 7 nitrogen and oxygen atoms in total. The summed E-state index contributed by atoms with van der Waals surface area (Å²) in [5.74, 6) is 1.52. The highest BCUT2D eigenvalue weighted by Crippen LogP contribution is 2.37. The van der Waals surface area contributed by atoms with Gasteiger partial charge in [0, 0.05) is 11.8 Å². The van der Waals surface area contributed by atoms with Gasteiger partial charge in [0.15, 0.2) is 17.3 Å². The fraction of sp³-hybridized carbons (Fsp3) is 0.231. The molecule has 0 unspecified atom stereocenters. The number of anilines is 2. The second-order valence-electron chi connectivity index (χ2n) is 4.78. The van der Waals surface area contributed by atoms with Crippen molar-refractivity contribution in [1.29, 1.82) is 0 Å². The fourth-order valence-corrected chi connectivity index (χ4v) is 2.54. The van der Waals surface area contributed by atoms with E-state index in [0.717, 1.165) is 10.4 Å². The number of hydrogen-bond acceptors (Lipinski definition) is 8. The molecule has 0 aliphatic carbocycles. The van der Waals surface area contributed by atoms with Crippen molar-refractivity contribution in [1.82, 2.24) is 19.9 Å². The standard InChI is InChI=1S/C13H14N6OS/c1-6(2)7-3-16-12-9(18-5-21-12)10(7)20-8-4-17-13(15)19-11(8)14/h3-6H,1-2H3,(H4,14,15,17,19). The SMILES string of the molecule is CC(C)c1cnc2scnc2c1Oc1cnc(N)nc1N. The molecular formula is C13H14N6OS. The van der Waals surface area contributed by atoms with Crippen LogP contribution in [0.25, 0.3) is 10.3 Å². The third kappa shape index (κ3) is 2.45. The molecule has 0 saturated heterocycles. The van der Waals surface area contributed by atoms with Crippen LogP contribution in [0.1, 0.15) is 25.3 Å². The van der Waals surface area contributed by atoms with Gasteiger partial charge in [-0.15, -0.1) is 11.3 Å². The number of thiazole rings is 1. The first-order valence-electron chi connectivity index (χ1n) is 6.34. The lowest BCUT2D eigenvalue weighted by molar-refractivity contribution is 0.475. The van der Waals surface area contributed by atoms with Crippen LogP contribution in [0.4, 0.5) is 11.8 Å². The van der Waals surface area contributed by atoms with E-state index in [1.54, 1.807) is 11.7 Å². The monoisotopic (exact) mass is 302 g/mol. The molecule has 0 atom stereocenters. The molecule has 3 aromatic heterocycles. The van der Waals surface area contributed by atoms with Crippen molar-refractivity contribution in [2.45, 2.75) is 19.8 Å². The second-order valence-corrected chi connectivity index (χ2v) is 5.62. The topological polar surface area (TPSA) is 113 Å². The Morgan fingerprint density at radius 3 is 2.67 bits per heavy atom.